The summed E-state index contributed by atoms with van der Waals surface area (Å²) in [6.07, 6.45) is 0. The third kappa shape index (κ3) is 4.48. The summed E-state index contributed by atoms with van der Waals surface area (Å²) in [4.78, 5) is 15.6. The van der Waals surface area contributed by atoms with Crippen molar-refractivity contribution in [2.75, 3.05) is 0 Å². The molecule has 0 unspecified atom stereocenters. The second kappa shape index (κ2) is 12.2. The van der Waals surface area contributed by atoms with Crippen LogP contribution in [0.4, 0.5) is 0 Å². The Labute approximate surface area is 328 Å². The van der Waals surface area contributed by atoms with Crippen LogP contribution in [0, 0.1) is 0 Å². The summed E-state index contributed by atoms with van der Waals surface area (Å²) in [5, 5.41) is 4.74. The van der Waals surface area contributed by atoms with E-state index in [-0.39, 0.29) is 0 Å². The monoisotopic (exact) mass is 727 g/mol. The molecular formula is C52H33N5. The van der Waals surface area contributed by atoms with Gasteiger partial charge in [-0.15, -0.1) is 0 Å². The summed E-state index contributed by atoms with van der Waals surface area (Å²) in [6, 6.07) is 71.6. The van der Waals surface area contributed by atoms with Gasteiger partial charge in [0.05, 0.1) is 33.2 Å². The van der Waals surface area contributed by atoms with Crippen molar-refractivity contribution in [3.63, 3.8) is 0 Å². The Morgan fingerprint density at radius 1 is 0.351 bits per heavy atom. The van der Waals surface area contributed by atoms with Gasteiger partial charge in [-0.3, -0.25) is 4.57 Å². The Hall–Kier alpha value is -7.63. The van der Waals surface area contributed by atoms with Crippen molar-refractivity contribution < 1.29 is 0 Å². The minimum Gasteiger partial charge on any atom is -0.308 e. The average molecular weight is 728 g/mol. The normalized spacial score (nSPS) is 13.1. The Bertz CT molecular complexity index is 3230. The largest absolute Gasteiger partial charge is 0.308 e. The lowest BCUT2D eigenvalue weighted by atomic mass is 9.63. The maximum atomic E-state index is 5.26. The van der Waals surface area contributed by atoms with Crippen LogP contribution in [-0.4, -0.2) is 24.1 Å². The smallest absolute Gasteiger partial charge is 0.238 e. The van der Waals surface area contributed by atoms with Gasteiger partial charge < -0.3 is 4.57 Å². The molecule has 11 aromatic rings. The molecule has 1 aliphatic heterocycles. The molecule has 4 heterocycles. The molecule has 0 N–H and O–H groups in total. The topological polar surface area (TPSA) is 48.5 Å². The lowest BCUT2D eigenvalue weighted by molar-refractivity contribution is 0.729. The van der Waals surface area contributed by atoms with Crippen molar-refractivity contribution in [3.8, 4) is 34.4 Å². The van der Waals surface area contributed by atoms with Crippen molar-refractivity contribution in [2.45, 2.75) is 5.41 Å². The highest BCUT2D eigenvalue weighted by Crippen LogP contribution is 2.55. The van der Waals surface area contributed by atoms with Gasteiger partial charge in [0.15, 0.2) is 11.6 Å². The summed E-state index contributed by atoms with van der Waals surface area (Å²) in [5.74, 6) is 1.83. The number of rotatable bonds is 5. The summed E-state index contributed by atoms with van der Waals surface area (Å²) in [6.45, 7) is 0. The molecular weight excluding hydrogens is 695 g/mol. The Balaban J connectivity index is 1.27. The molecule has 0 saturated heterocycles. The number of aromatic nitrogens is 5. The Morgan fingerprint density at radius 3 is 1.44 bits per heavy atom. The van der Waals surface area contributed by atoms with Crippen LogP contribution in [0.5, 0.6) is 0 Å². The fourth-order valence-corrected chi connectivity index (χ4v) is 9.48. The maximum Gasteiger partial charge on any atom is 0.238 e. The molecule has 3 aromatic heterocycles. The zero-order chi connectivity index (χ0) is 37.5. The standard InChI is InChI=1S/C52H33N5/c1-5-18-34(19-6-1)49-53-50(35-20-7-2-8-21-35)55-51(54-49)57-45-31-16-14-27-39(45)41-32-43-47(33-46(41)57)56-44-30-15-13-26-38(44)40-28-17-29-42(48(40)56)52(43,36-22-9-3-10-23-36)37-24-11-4-12-25-37/h1-33H. The molecule has 12 rings (SSSR count). The van der Waals surface area contributed by atoms with Gasteiger partial charge in [0, 0.05) is 32.7 Å². The van der Waals surface area contributed by atoms with E-state index in [1.807, 2.05) is 36.4 Å². The predicted octanol–water partition coefficient (Wildman–Crippen LogP) is 12.1. The number of para-hydroxylation sites is 3. The molecule has 0 saturated carbocycles. The SMILES string of the molecule is c1ccc(-c2nc(-c3ccccc3)nc(-n3c4ccccc4c4cc5c(cc43)-n3c4ccccc4c4cccc(c43)C5(c3ccccc3)c3ccccc3)n2)cc1. The molecule has 8 aromatic carbocycles. The van der Waals surface area contributed by atoms with E-state index in [2.05, 4.69) is 173 Å². The highest BCUT2D eigenvalue weighted by molar-refractivity contribution is 6.14. The predicted molar refractivity (Wildman–Crippen MR) is 231 cm³/mol. The zero-order valence-electron chi connectivity index (χ0n) is 30.8. The molecule has 0 amide bonds. The van der Waals surface area contributed by atoms with Gasteiger partial charge in [-0.2, -0.15) is 9.97 Å². The first-order valence-corrected chi connectivity index (χ1v) is 19.4. The second-order valence-electron chi connectivity index (χ2n) is 14.8. The van der Waals surface area contributed by atoms with E-state index in [0.717, 1.165) is 38.6 Å². The molecule has 0 aliphatic carbocycles. The van der Waals surface area contributed by atoms with Crippen molar-refractivity contribution in [1.82, 2.24) is 24.1 Å². The third-order valence-corrected chi connectivity index (χ3v) is 11.8. The highest BCUT2D eigenvalue weighted by atomic mass is 15.2. The minimum absolute atomic E-state index is 0.574. The first kappa shape index (κ1) is 31.7. The van der Waals surface area contributed by atoms with Crippen LogP contribution in [0.15, 0.2) is 200 Å². The molecule has 5 heteroatoms. The second-order valence-corrected chi connectivity index (χ2v) is 14.8. The number of nitrogens with zero attached hydrogens (tertiary/aromatic N) is 5. The number of fused-ring (bicyclic) bond motifs is 8. The summed E-state index contributed by atoms with van der Waals surface area (Å²) in [7, 11) is 0. The van der Waals surface area contributed by atoms with Gasteiger partial charge in [-0.1, -0.05) is 176 Å². The van der Waals surface area contributed by atoms with Crippen LogP contribution < -0.4 is 0 Å². The molecule has 0 radical (unpaired) electrons. The first-order valence-electron chi connectivity index (χ1n) is 19.4. The summed E-state index contributed by atoms with van der Waals surface area (Å²) < 4.78 is 4.74. The quantitative estimate of drug-likeness (QED) is 0.177. The lowest BCUT2D eigenvalue weighted by Crippen LogP contribution is -2.35. The van der Waals surface area contributed by atoms with Crippen LogP contribution in [0.2, 0.25) is 0 Å². The molecule has 1 aliphatic rings. The molecule has 57 heavy (non-hydrogen) atoms. The number of hydrogen-bond acceptors (Lipinski definition) is 3. The van der Waals surface area contributed by atoms with Crippen LogP contribution in [-0.2, 0) is 5.41 Å². The Morgan fingerprint density at radius 2 is 0.842 bits per heavy atom. The van der Waals surface area contributed by atoms with Gasteiger partial charge in [0.25, 0.3) is 0 Å². The maximum absolute atomic E-state index is 5.26. The van der Waals surface area contributed by atoms with Crippen molar-refractivity contribution >= 4 is 43.6 Å². The van der Waals surface area contributed by atoms with Crippen LogP contribution in [0.3, 0.4) is 0 Å². The number of benzene rings is 8. The van der Waals surface area contributed by atoms with Gasteiger partial charge >= 0.3 is 0 Å². The van der Waals surface area contributed by atoms with E-state index >= 15 is 0 Å². The van der Waals surface area contributed by atoms with Crippen molar-refractivity contribution in [2.24, 2.45) is 0 Å². The molecule has 0 fully saturated rings. The van der Waals surface area contributed by atoms with Gasteiger partial charge in [0.1, 0.15) is 0 Å². The molecule has 5 nitrogen and oxygen atoms in total. The minimum atomic E-state index is -0.618. The van der Waals surface area contributed by atoms with Crippen molar-refractivity contribution in [3.05, 3.63) is 222 Å². The molecule has 266 valence electrons. The van der Waals surface area contributed by atoms with Gasteiger partial charge in [-0.05, 0) is 46.5 Å². The molecule has 0 bridgehead atoms. The summed E-state index contributed by atoms with van der Waals surface area (Å²) in [5.41, 5.74) is 11.8. The first-order chi connectivity index (χ1) is 28.3. The van der Waals surface area contributed by atoms with Crippen LogP contribution >= 0.6 is 0 Å². The van der Waals surface area contributed by atoms with E-state index in [4.69, 9.17) is 15.0 Å². The van der Waals surface area contributed by atoms with E-state index in [0.29, 0.717) is 17.6 Å². The summed E-state index contributed by atoms with van der Waals surface area (Å²) >= 11 is 0. The highest BCUT2D eigenvalue weighted by Gasteiger charge is 2.45. The van der Waals surface area contributed by atoms with Crippen molar-refractivity contribution in [1.29, 1.82) is 0 Å². The van der Waals surface area contributed by atoms with Crippen LogP contribution in [0.25, 0.3) is 78.0 Å². The van der Waals surface area contributed by atoms with Gasteiger partial charge in [-0.25, -0.2) is 4.98 Å². The van der Waals surface area contributed by atoms with Gasteiger partial charge in [0.2, 0.25) is 5.95 Å². The average Bonchev–Trinajstić information content (AvgIpc) is 3.80. The van der Waals surface area contributed by atoms with E-state index in [9.17, 15) is 0 Å². The van der Waals surface area contributed by atoms with Crippen LogP contribution in [0.1, 0.15) is 22.3 Å². The third-order valence-electron chi connectivity index (χ3n) is 11.8. The molecule has 0 atom stereocenters. The number of hydrogen-bond donors (Lipinski definition) is 0. The fourth-order valence-electron chi connectivity index (χ4n) is 9.48. The van der Waals surface area contributed by atoms with E-state index < -0.39 is 5.41 Å². The molecule has 0 spiro atoms. The zero-order valence-corrected chi connectivity index (χ0v) is 30.8. The Kier molecular flexibility index (Phi) is 6.78. The lowest BCUT2D eigenvalue weighted by Gasteiger charge is -2.42. The van der Waals surface area contributed by atoms with E-state index in [1.165, 1.54) is 44.1 Å². The van der Waals surface area contributed by atoms with E-state index in [1.54, 1.807) is 0 Å². The fraction of sp³-hybridized carbons (Fsp3) is 0.0192.